The molecule has 3 aliphatic rings. The molecule has 4 rings (SSSR count). The third kappa shape index (κ3) is 2.50. The van der Waals surface area contributed by atoms with Crippen molar-refractivity contribution in [3.8, 4) is 0 Å². The fraction of sp³-hybridized carbons (Fsp3) is 0.474. The van der Waals surface area contributed by atoms with Gasteiger partial charge in [0.2, 0.25) is 5.91 Å². The van der Waals surface area contributed by atoms with E-state index in [1.807, 2.05) is 31.2 Å². The lowest BCUT2D eigenvalue weighted by molar-refractivity contribution is -0.144. The van der Waals surface area contributed by atoms with Crippen LogP contribution in [0.15, 0.2) is 24.3 Å². The number of hydrogen-bond acceptors (Lipinski definition) is 4. The Labute approximate surface area is 151 Å². The molecule has 2 fully saturated rings. The first-order valence-electron chi connectivity index (χ1n) is 9.08. The molecule has 7 heteroatoms. The Morgan fingerprint density at radius 3 is 2.50 bits per heavy atom. The summed E-state index contributed by atoms with van der Waals surface area (Å²) in [6.07, 6.45) is 4.07. The minimum Gasteiger partial charge on any atom is -0.307 e. The highest BCUT2D eigenvalue weighted by Gasteiger charge is 2.49. The summed E-state index contributed by atoms with van der Waals surface area (Å²) in [5, 5.41) is 0. The molecule has 1 saturated heterocycles. The normalized spacial score (nSPS) is 23.3. The highest BCUT2D eigenvalue weighted by atomic mass is 16.2. The quantitative estimate of drug-likeness (QED) is 0.611. The summed E-state index contributed by atoms with van der Waals surface area (Å²) in [4.78, 5) is 53.5. The highest BCUT2D eigenvalue weighted by Crippen LogP contribution is 2.32. The molecule has 7 nitrogen and oxygen atoms in total. The molecule has 0 N–H and O–H groups in total. The summed E-state index contributed by atoms with van der Waals surface area (Å²) >= 11 is 0. The van der Waals surface area contributed by atoms with E-state index in [0.29, 0.717) is 0 Å². The Morgan fingerprint density at radius 1 is 1.08 bits per heavy atom. The molecule has 1 atom stereocenters. The summed E-state index contributed by atoms with van der Waals surface area (Å²) in [5.41, 5.74) is 1.87. The molecule has 1 aliphatic carbocycles. The van der Waals surface area contributed by atoms with E-state index in [0.717, 1.165) is 53.2 Å². The number of anilines is 1. The lowest BCUT2D eigenvalue weighted by atomic mass is 10.1. The fourth-order valence-corrected chi connectivity index (χ4v) is 4.30. The average Bonchev–Trinajstić information content (AvgIpc) is 3.29. The van der Waals surface area contributed by atoms with Crippen LogP contribution in [-0.2, 0) is 20.8 Å². The molecule has 0 radical (unpaired) electrons. The van der Waals surface area contributed by atoms with Gasteiger partial charge in [-0.05, 0) is 37.8 Å². The molecule has 0 spiro atoms. The number of benzene rings is 1. The summed E-state index contributed by atoms with van der Waals surface area (Å²) in [6.45, 7) is 1.53. The molecule has 1 aromatic carbocycles. The maximum atomic E-state index is 12.9. The molecule has 2 aliphatic heterocycles. The molecule has 0 unspecified atom stereocenters. The number of imide groups is 2. The van der Waals surface area contributed by atoms with Gasteiger partial charge in [0.15, 0.2) is 0 Å². The second-order valence-electron chi connectivity index (χ2n) is 7.23. The van der Waals surface area contributed by atoms with Crippen LogP contribution >= 0.6 is 0 Å². The van der Waals surface area contributed by atoms with E-state index in [9.17, 15) is 19.2 Å². The van der Waals surface area contributed by atoms with Crippen molar-refractivity contribution in [1.82, 2.24) is 9.80 Å². The summed E-state index contributed by atoms with van der Waals surface area (Å²) in [5.74, 6) is -2.04. The van der Waals surface area contributed by atoms with Gasteiger partial charge in [-0.25, -0.2) is 9.69 Å². The van der Waals surface area contributed by atoms with Crippen LogP contribution in [0.25, 0.3) is 0 Å². The van der Waals surface area contributed by atoms with Crippen molar-refractivity contribution in [2.45, 2.75) is 51.1 Å². The zero-order valence-corrected chi connectivity index (χ0v) is 14.7. The second-order valence-corrected chi connectivity index (χ2v) is 7.23. The first-order valence-corrected chi connectivity index (χ1v) is 9.08. The van der Waals surface area contributed by atoms with E-state index < -0.39 is 24.4 Å². The van der Waals surface area contributed by atoms with Gasteiger partial charge in [-0.15, -0.1) is 0 Å². The first-order chi connectivity index (χ1) is 12.5. The predicted octanol–water partition coefficient (Wildman–Crippen LogP) is 1.70. The van der Waals surface area contributed by atoms with E-state index in [1.54, 1.807) is 4.90 Å². The number of hydrogen-bond donors (Lipinski definition) is 0. The molecule has 26 heavy (non-hydrogen) atoms. The number of carbonyl (C=O) groups excluding carboxylic acids is 4. The molecular weight excluding hydrogens is 334 g/mol. The van der Waals surface area contributed by atoms with Crippen molar-refractivity contribution in [2.24, 2.45) is 0 Å². The third-order valence-corrected chi connectivity index (χ3v) is 5.54. The smallest absolute Gasteiger partial charge is 0.307 e. The van der Waals surface area contributed by atoms with Gasteiger partial charge in [-0.2, -0.15) is 0 Å². The standard InChI is InChI=1S/C19H21N3O4/c1-12-10-13-6-2-5-9-15(13)21(12)16(23)11-20-17(24)18(25)22(19(20)26)14-7-3-4-8-14/h2,5-6,9,12,14H,3-4,7-8,10-11H2,1H3/t12-/m0/s1. The average molecular weight is 355 g/mol. The summed E-state index contributed by atoms with van der Waals surface area (Å²) in [6, 6.07) is 6.69. The summed E-state index contributed by atoms with van der Waals surface area (Å²) in [7, 11) is 0. The van der Waals surface area contributed by atoms with Crippen molar-refractivity contribution < 1.29 is 19.2 Å². The van der Waals surface area contributed by atoms with Gasteiger partial charge in [0.05, 0.1) is 0 Å². The van der Waals surface area contributed by atoms with Crippen molar-refractivity contribution in [3.63, 3.8) is 0 Å². The van der Waals surface area contributed by atoms with Gasteiger partial charge in [0.25, 0.3) is 0 Å². The Hall–Kier alpha value is -2.70. The van der Waals surface area contributed by atoms with E-state index in [1.165, 1.54) is 0 Å². The monoisotopic (exact) mass is 355 g/mol. The second kappa shape index (κ2) is 6.23. The zero-order chi connectivity index (χ0) is 18.4. The predicted molar refractivity (Wildman–Crippen MR) is 93.3 cm³/mol. The fourth-order valence-electron chi connectivity index (χ4n) is 4.30. The van der Waals surface area contributed by atoms with Crippen LogP contribution in [0, 0.1) is 0 Å². The van der Waals surface area contributed by atoms with Crippen LogP contribution in [-0.4, -0.2) is 52.2 Å². The molecule has 5 amide bonds. The van der Waals surface area contributed by atoms with Crippen molar-refractivity contribution in [3.05, 3.63) is 29.8 Å². The van der Waals surface area contributed by atoms with Gasteiger partial charge in [0.1, 0.15) is 6.54 Å². The van der Waals surface area contributed by atoms with Gasteiger partial charge in [-0.3, -0.25) is 19.3 Å². The Morgan fingerprint density at radius 2 is 1.77 bits per heavy atom. The van der Waals surface area contributed by atoms with Gasteiger partial charge >= 0.3 is 17.8 Å². The number of nitrogens with zero attached hydrogens (tertiary/aromatic N) is 3. The maximum Gasteiger partial charge on any atom is 0.334 e. The zero-order valence-electron chi connectivity index (χ0n) is 14.7. The SMILES string of the molecule is C[C@H]1Cc2ccccc2N1C(=O)CN1C(=O)C(=O)N(C2CCCC2)C1=O. The Balaban J connectivity index is 1.53. The number of para-hydroxylation sites is 1. The van der Waals surface area contributed by atoms with E-state index >= 15 is 0 Å². The Kier molecular flexibility index (Phi) is 4.01. The molecule has 1 saturated carbocycles. The molecule has 136 valence electrons. The van der Waals surface area contributed by atoms with Crippen LogP contribution < -0.4 is 4.90 Å². The van der Waals surface area contributed by atoms with E-state index in [4.69, 9.17) is 0 Å². The van der Waals surface area contributed by atoms with Crippen molar-refractivity contribution in [2.75, 3.05) is 11.4 Å². The highest BCUT2D eigenvalue weighted by molar-refractivity contribution is 6.45. The molecule has 1 aromatic rings. The van der Waals surface area contributed by atoms with Crippen LogP contribution in [0.3, 0.4) is 0 Å². The number of urea groups is 1. The van der Waals surface area contributed by atoms with Crippen LogP contribution in [0.1, 0.15) is 38.2 Å². The number of carbonyl (C=O) groups is 4. The molecular formula is C19H21N3O4. The first kappa shape index (κ1) is 16.8. The number of rotatable bonds is 3. The van der Waals surface area contributed by atoms with Gasteiger partial charge < -0.3 is 4.90 Å². The largest absolute Gasteiger partial charge is 0.334 e. The van der Waals surface area contributed by atoms with E-state index in [2.05, 4.69) is 0 Å². The molecule has 0 bridgehead atoms. The number of fused-ring (bicyclic) bond motifs is 1. The number of amides is 5. The van der Waals surface area contributed by atoms with Crippen molar-refractivity contribution >= 4 is 29.4 Å². The lowest BCUT2D eigenvalue weighted by Gasteiger charge is -2.25. The van der Waals surface area contributed by atoms with Gasteiger partial charge in [-0.1, -0.05) is 31.0 Å². The minimum atomic E-state index is -0.893. The minimum absolute atomic E-state index is 0.0469. The molecule has 2 heterocycles. The lowest BCUT2D eigenvalue weighted by Crippen LogP contribution is -2.46. The topological polar surface area (TPSA) is 78.0 Å². The maximum absolute atomic E-state index is 12.9. The van der Waals surface area contributed by atoms with E-state index in [-0.39, 0.29) is 18.0 Å². The van der Waals surface area contributed by atoms with Gasteiger partial charge in [0, 0.05) is 17.8 Å². The Bertz CT molecular complexity index is 800. The van der Waals surface area contributed by atoms with Crippen LogP contribution in [0.2, 0.25) is 0 Å². The van der Waals surface area contributed by atoms with Crippen LogP contribution in [0.5, 0.6) is 0 Å². The van der Waals surface area contributed by atoms with Crippen LogP contribution in [0.4, 0.5) is 10.5 Å². The third-order valence-electron chi connectivity index (χ3n) is 5.54. The molecule has 0 aromatic heterocycles. The van der Waals surface area contributed by atoms with Crippen molar-refractivity contribution in [1.29, 1.82) is 0 Å². The summed E-state index contributed by atoms with van der Waals surface area (Å²) < 4.78 is 0.